The van der Waals surface area contributed by atoms with Crippen LogP contribution < -0.4 is 0 Å². The maximum atomic E-state index is 11.4. The van der Waals surface area contributed by atoms with Crippen molar-refractivity contribution >= 4 is 5.97 Å². The molecular weight excluding hydrogens is 212 g/mol. The molecule has 0 saturated heterocycles. The molecule has 0 aromatic carbocycles. The molecule has 2 nitrogen and oxygen atoms in total. The van der Waals surface area contributed by atoms with Crippen LogP contribution in [0.4, 0.5) is 0 Å². The van der Waals surface area contributed by atoms with Gasteiger partial charge in [-0.05, 0) is 37.5 Å². The molecule has 0 amide bonds. The van der Waals surface area contributed by atoms with Crippen molar-refractivity contribution in [2.24, 2.45) is 17.8 Å². The SMILES string of the molecule is C=CC(=O)OC1(C)C(C)CC(CCC)CC1C. The number of rotatable bonds is 4. The lowest BCUT2D eigenvalue weighted by molar-refractivity contribution is -0.171. The van der Waals surface area contributed by atoms with Crippen molar-refractivity contribution in [2.75, 3.05) is 0 Å². The standard InChI is InChI=1S/C15H26O2/c1-6-8-13-9-11(3)15(5,12(4)10-13)17-14(16)7-2/h7,11-13H,2,6,8-10H2,1,3-5H3. The van der Waals surface area contributed by atoms with Crippen molar-refractivity contribution in [3.63, 3.8) is 0 Å². The fourth-order valence-electron chi connectivity index (χ4n) is 3.15. The van der Waals surface area contributed by atoms with Crippen LogP contribution in [0, 0.1) is 17.8 Å². The molecule has 1 aliphatic carbocycles. The van der Waals surface area contributed by atoms with E-state index in [0.717, 1.165) is 5.92 Å². The number of esters is 1. The summed E-state index contributed by atoms with van der Waals surface area (Å²) in [5.41, 5.74) is -0.324. The monoisotopic (exact) mass is 238 g/mol. The summed E-state index contributed by atoms with van der Waals surface area (Å²) in [6.45, 7) is 12.2. The highest BCUT2D eigenvalue weighted by atomic mass is 16.6. The Hall–Kier alpha value is -0.790. The Bertz CT molecular complexity index is 271. The molecule has 1 saturated carbocycles. The van der Waals surface area contributed by atoms with E-state index in [-0.39, 0.29) is 11.6 Å². The maximum Gasteiger partial charge on any atom is 0.330 e. The summed E-state index contributed by atoms with van der Waals surface area (Å²) in [6.07, 6.45) is 6.13. The van der Waals surface area contributed by atoms with E-state index in [2.05, 4.69) is 34.3 Å². The molecule has 2 unspecified atom stereocenters. The fraction of sp³-hybridized carbons (Fsp3) is 0.800. The first kappa shape index (κ1) is 14.3. The number of hydrogen-bond acceptors (Lipinski definition) is 2. The Kier molecular flexibility index (Phi) is 4.79. The molecule has 17 heavy (non-hydrogen) atoms. The first-order chi connectivity index (χ1) is 7.93. The Morgan fingerprint density at radius 3 is 2.35 bits per heavy atom. The predicted molar refractivity (Wildman–Crippen MR) is 70.7 cm³/mol. The van der Waals surface area contributed by atoms with Crippen molar-refractivity contribution < 1.29 is 9.53 Å². The first-order valence-corrected chi connectivity index (χ1v) is 6.79. The van der Waals surface area contributed by atoms with Crippen molar-refractivity contribution in [2.45, 2.75) is 59.0 Å². The highest BCUT2D eigenvalue weighted by Gasteiger charge is 2.45. The van der Waals surface area contributed by atoms with Gasteiger partial charge in [-0.3, -0.25) is 0 Å². The minimum Gasteiger partial charge on any atom is -0.456 e. The fourth-order valence-corrected chi connectivity index (χ4v) is 3.15. The molecule has 0 spiro atoms. The molecule has 2 heteroatoms. The van der Waals surface area contributed by atoms with Crippen LogP contribution in [-0.4, -0.2) is 11.6 Å². The Labute approximate surface area is 105 Å². The van der Waals surface area contributed by atoms with Gasteiger partial charge in [0.15, 0.2) is 0 Å². The lowest BCUT2D eigenvalue weighted by Crippen LogP contribution is -2.48. The second-order valence-electron chi connectivity index (χ2n) is 5.74. The van der Waals surface area contributed by atoms with Gasteiger partial charge < -0.3 is 4.74 Å². The molecular formula is C15H26O2. The normalized spacial score (nSPS) is 37.5. The van der Waals surface area contributed by atoms with Crippen molar-refractivity contribution in [1.29, 1.82) is 0 Å². The summed E-state index contributed by atoms with van der Waals surface area (Å²) in [5, 5.41) is 0. The molecule has 0 bridgehead atoms. The van der Waals surface area contributed by atoms with Crippen LogP contribution in [0.5, 0.6) is 0 Å². The van der Waals surface area contributed by atoms with Gasteiger partial charge in [0, 0.05) is 6.08 Å². The minimum absolute atomic E-state index is 0.292. The number of ether oxygens (including phenoxy) is 1. The average Bonchev–Trinajstić information content (AvgIpc) is 2.26. The third-order valence-electron chi connectivity index (χ3n) is 4.51. The second-order valence-corrected chi connectivity index (χ2v) is 5.74. The Balaban J connectivity index is 2.73. The molecule has 0 aromatic heterocycles. The summed E-state index contributed by atoms with van der Waals surface area (Å²) >= 11 is 0. The van der Waals surface area contributed by atoms with Crippen LogP contribution in [-0.2, 0) is 9.53 Å². The first-order valence-electron chi connectivity index (χ1n) is 6.79. The average molecular weight is 238 g/mol. The lowest BCUT2D eigenvalue weighted by Gasteiger charge is -2.46. The van der Waals surface area contributed by atoms with E-state index in [1.54, 1.807) is 0 Å². The van der Waals surface area contributed by atoms with Gasteiger partial charge >= 0.3 is 5.97 Å². The zero-order chi connectivity index (χ0) is 13.1. The van der Waals surface area contributed by atoms with E-state index in [1.807, 2.05) is 0 Å². The van der Waals surface area contributed by atoms with Gasteiger partial charge in [0.2, 0.25) is 0 Å². The Morgan fingerprint density at radius 2 is 1.94 bits per heavy atom. The molecule has 0 N–H and O–H groups in total. The summed E-state index contributed by atoms with van der Waals surface area (Å²) in [7, 11) is 0. The van der Waals surface area contributed by atoms with Crippen molar-refractivity contribution in [3.05, 3.63) is 12.7 Å². The van der Waals surface area contributed by atoms with E-state index in [9.17, 15) is 4.79 Å². The van der Waals surface area contributed by atoms with E-state index < -0.39 is 0 Å². The third kappa shape index (κ3) is 3.11. The Morgan fingerprint density at radius 1 is 1.41 bits per heavy atom. The van der Waals surface area contributed by atoms with E-state index >= 15 is 0 Å². The van der Waals surface area contributed by atoms with Gasteiger partial charge in [0.1, 0.15) is 5.60 Å². The third-order valence-corrected chi connectivity index (χ3v) is 4.51. The minimum atomic E-state index is -0.324. The highest BCUT2D eigenvalue weighted by molar-refractivity contribution is 5.81. The zero-order valence-electron chi connectivity index (χ0n) is 11.7. The van der Waals surface area contributed by atoms with Crippen LogP contribution in [0.15, 0.2) is 12.7 Å². The number of hydrogen-bond donors (Lipinski definition) is 0. The molecule has 0 heterocycles. The smallest absolute Gasteiger partial charge is 0.330 e. The molecule has 1 fully saturated rings. The van der Waals surface area contributed by atoms with Crippen LogP contribution in [0.2, 0.25) is 0 Å². The summed E-state index contributed by atoms with van der Waals surface area (Å²) < 4.78 is 5.62. The summed E-state index contributed by atoms with van der Waals surface area (Å²) in [6, 6.07) is 0. The van der Waals surface area contributed by atoms with Gasteiger partial charge in [-0.2, -0.15) is 0 Å². The molecule has 1 rings (SSSR count). The van der Waals surface area contributed by atoms with Gasteiger partial charge in [0.05, 0.1) is 0 Å². The number of carbonyl (C=O) groups excluding carboxylic acids is 1. The highest BCUT2D eigenvalue weighted by Crippen LogP contribution is 2.44. The second kappa shape index (κ2) is 5.70. The summed E-state index contributed by atoms with van der Waals surface area (Å²) in [4.78, 5) is 11.4. The summed E-state index contributed by atoms with van der Waals surface area (Å²) in [5.74, 6) is 1.35. The lowest BCUT2D eigenvalue weighted by atomic mass is 9.66. The molecule has 0 aromatic rings. The van der Waals surface area contributed by atoms with Crippen molar-refractivity contribution in [1.82, 2.24) is 0 Å². The van der Waals surface area contributed by atoms with Gasteiger partial charge in [-0.25, -0.2) is 4.79 Å². The molecule has 0 aliphatic heterocycles. The van der Waals surface area contributed by atoms with Crippen LogP contribution in [0.3, 0.4) is 0 Å². The quantitative estimate of drug-likeness (QED) is 0.547. The van der Waals surface area contributed by atoms with Gasteiger partial charge in [-0.1, -0.05) is 40.2 Å². The molecule has 0 radical (unpaired) electrons. The molecule has 2 atom stereocenters. The van der Waals surface area contributed by atoms with Crippen molar-refractivity contribution in [3.8, 4) is 0 Å². The topological polar surface area (TPSA) is 26.3 Å². The molecule has 1 aliphatic rings. The maximum absolute atomic E-state index is 11.4. The largest absolute Gasteiger partial charge is 0.456 e. The van der Waals surface area contributed by atoms with E-state index in [0.29, 0.717) is 11.8 Å². The zero-order valence-corrected chi connectivity index (χ0v) is 11.7. The predicted octanol–water partition coefficient (Wildman–Crippen LogP) is 3.96. The van der Waals surface area contributed by atoms with Crippen LogP contribution in [0.25, 0.3) is 0 Å². The van der Waals surface area contributed by atoms with Gasteiger partial charge in [-0.15, -0.1) is 0 Å². The van der Waals surface area contributed by atoms with E-state index in [1.165, 1.54) is 31.8 Å². The van der Waals surface area contributed by atoms with Crippen LogP contribution in [0.1, 0.15) is 53.4 Å². The molecule has 98 valence electrons. The number of carbonyl (C=O) groups is 1. The van der Waals surface area contributed by atoms with E-state index in [4.69, 9.17) is 4.74 Å². The van der Waals surface area contributed by atoms with Gasteiger partial charge in [0.25, 0.3) is 0 Å². The van der Waals surface area contributed by atoms with Crippen LogP contribution >= 0.6 is 0 Å².